The molecule has 0 saturated carbocycles. The highest BCUT2D eigenvalue weighted by atomic mass is 14.9. The first-order chi connectivity index (χ1) is 13.1. The van der Waals surface area contributed by atoms with E-state index >= 15 is 0 Å². The molecular weight excluding hydrogens is 330 g/mol. The highest BCUT2D eigenvalue weighted by molar-refractivity contribution is 5.66. The average molecular weight is 358 g/mol. The van der Waals surface area contributed by atoms with Crippen LogP contribution in [0.15, 0.2) is 60.8 Å². The van der Waals surface area contributed by atoms with Crippen molar-refractivity contribution in [2.45, 2.75) is 45.2 Å². The Balaban J connectivity index is 1.48. The number of aryl methyl sites for hydroxylation is 2. The lowest BCUT2D eigenvalue weighted by atomic mass is 9.86. The standard InChI is InChI=1S/C24H27N3/c1-16-12-22(15-26-24(16)25)20-8-9-21-14-23(11-10-19(21)13-20)27-17(2)18-6-4-3-5-7-18/h3-9,12-13,15,17,23,27H,10-11,14H2,1-2H3,(H2,25,26). The van der Waals surface area contributed by atoms with Crippen molar-refractivity contribution in [2.24, 2.45) is 0 Å². The summed E-state index contributed by atoms with van der Waals surface area (Å²) in [5, 5.41) is 3.81. The summed E-state index contributed by atoms with van der Waals surface area (Å²) in [5.41, 5.74) is 13.5. The Morgan fingerprint density at radius 3 is 2.63 bits per heavy atom. The zero-order chi connectivity index (χ0) is 18.8. The molecule has 0 aliphatic heterocycles. The molecule has 0 radical (unpaired) electrons. The number of nitrogens with two attached hydrogens (primary N) is 1. The zero-order valence-corrected chi connectivity index (χ0v) is 16.1. The van der Waals surface area contributed by atoms with E-state index in [2.05, 4.69) is 71.8 Å². The monoisotopic (exact) mass is 357 g/mol. The van der Waals surface area contributed by atoms with Gasteiger partial charge >= 0.3 is 0 Å². The largest absolute Gasteiger partial charge is 0.383 e. The number of nitrogens with one attached hydrogen (secondary N) is 1. The second-order valence-corrected chi connectivity index (χ2v) is 7.65. The molecule has 1 aliphatic carbocycles. The number of pyridine rings is 1. The summed E-state index contributed by atoms with van der Waals surface area (Å²) in [6, 6.07) is 20.6. The van der Waals surface area contributed by atoms with Gasteiger partial charge < -0.3 is 11.1 Å². The van der Waals surface area contributed by atoms with Gasteiger partial charge in [-0.1, -0.05) is 48.5 Å². The van der Waals surface area contributed by atoms with Crippen LogP contribution in [0.2, 0.25) is 0 Å². The van der Waals surface area contributed by atoms with Gasteiger partial charge in [0.1, 0.15) is 5.82 Å². The number of rotatable bonds is 4. The first-order valence-electron chi connectivity index (χ1n) is 9.75. The van der Waals surface area contributed by atoms with Gasteiger partial charge in [0.15, 0.2) is 0 Å². The average Bonchev–Trinajstić information content (AvgIpc) is 2.70. The molecule has 0 amide bonds. The molecule has 4 rings (SSSR count). The molecule has 0 saturated heterocycles. The SMILES string of the molecule is Cc1cc(-c2ccc3c(c2)CCC(NC(C)c2ccccc2)C3)cnc1N. The van der Waals surface area contributed by atoms with E-state index in [0.29, 0.717) is 17.9 Å². The molecular formula is C24H27N3. The van der Waals surface area contributed by atoms with Crippen LogP contribution in [-0.4, -0.2) is 11.0 Å². The zero-order valence-electron chi connectivity index (χ0n) is 16.1. The Hall–Kier alpha value is -2.65. The lowest BCUT2D eigenvalue weighted by Crippen LogP contribution is -2.36. The fourth-order valence-corrected chi connectivity index (χ4v) is 4.01. The van der Waals surface area contributed by atoms with Gasteiger partial charge in [-0.15, -0.1) is 0 Å². The first-order valence-corrected chi connectivity index (χ1v) is 9.75. The van der Waals surface area contributed by atoms with E-state index < -0.39 is 0 Å². The normalized spacial score (nSPS) is 17.3. The van der Waals surface area contributed by atoms with Gasteiger partial charge in [0.25, 0.3) is 0 Å². The summed E-state index contributed by atoms with van der Waals surface area (Å²) in [7, 11) is 0. The van der Waals surface area contributed by atoms with Crippen molar-refractivity contribution >= 4 is 5.82 Å². The molecule has 3 N–H and O–H groups in total. The fraction of sp³-hybridized carbons (Fsp3) is 0.292. The summed E-state index contributed by atoms with van der Waals surface area (Å²) in [6.45, 7) is 4.26. The molecule has 0 bridgehead atoms. The molecule has 2 unspecified atom stereocenters. The Morgan fingerprint density at radius 2 is 1.85 bits per heavy atom. The van der Waals surface area contributed by atoms with Crippen LogP contribution in [-0.2, 0) is 12.8 Å². The van der Waals surface area contributed by atoms with Gasteiger partial charge in [-0.3, -0.25) is 0 Å². The maximum Gasteiger partial charge on any atom is 0.126 e. The third-order valence-corrected chi connectivity index (χ3v) is 5.67. The maximum atomic E-state index is 5.86. The number of hydrogen-bond acceptors (Lipinski definition) is 3. The summed E-state index contributed by atoms with van der Waals surface area (Å²) in [6.07, 6.45) is 5.25. The second-order valence-electron chi connectivity index (χ2n) is 7.65. The Kier molecular flexibility index (Phi) is 4.95. The van der Waals surface area contributed by atoms with Crippen LogP contribution in [0.3, 0.4) is 0 Å². The molecule has 0 fully saturated rings. The van der Waals surface area contributed by atoms with Crippen LogP contribution in [0, 0.1) is 6.92 Å². The number of fused-ring (bicyclic) bond motifs is 1. The van der Waals surface area contributed by atoms with Crippen LogP contribution < -0.4 is 11.1 Å². The highest BCUT2D eigenvalue weighted by Gasteiger charge is 2.21. The van der Waals surface area contributed by atoms with Crippen LogP contribution in [0.4, 0.5) is 5.82 Å². The molecule has 2 aromatic carbocycles. The molecule has 138 valence electrons. The predicted molar refractivity (Wildman–Crippen MR) is 113 cm³/mol. The van der Waals surface area contributed by atoms with E-state index in [1.807, 2.05) is 13.1 Å². The van der Waals surface area contributed by atoms with Crippen LogP contribution in [0.25, 0.3) is 11.1 Å². The Morgan fingerprint density at radius 1 is 1.04 bits per heavy atom. The van der Waals surface area contributed by atoms with E-state index in [4.69, 9.17) is 5.73 Å². The molecule has 0 spiro atoms. The van der Waals surface area contributed by atoms with Crippen molar-refractivity contribution < 1.29 is 0 Å². The van der Waals surface area contributed by atoms with E-state index in [1.54, 1.807) is 0 Å². The number of nitrogens with zero attached hydrogens (tertiary/aromatic N) is 1. The Bertz CT molecular complexity index is 934. The van der Waals surface area contributed by atoms with E-state index in [9.17, 15) is 0 Å². The van der Waals surface area contributed by atoms with Crippen LogP contribution in [0.1, 0.15) is 41.6 Å². The third kappa shape index (κ3) is 3.88. The Labute approximate surface area is 161 Å². The van der Waals surface area contributed by atoms with Gasteiger partial charge in [-0.2, -0.15) is 0 Å². The van der Waals surface area contributed by atoms with E-state index in [0.717, 1.165) is 24.0 Å². The van der Waals surface area contributed by atoms with Crippen molar-refractivity contribution in [3.63, 3.8) is 0 Å². The summed E-state index contributed by atoms with van der Waals surface area (Å²) < 4.78 is 0. The van der Waals surface area contributed by atoms with Crippen molar-refractivity contribution in [3.8, 4) is 11.1 Å². The summed E-state index contributed by atoms with van der Waals surface area (Å²) in [5.74, 6) is 0.609. The molecule has 2 atom stereocenters. The first kappa shape index (κ1) is 17.7. The lowest BCUT2D eigenvalue weighted by molar-refractivity contribution is 0.414. The molecule has 1 heterocycles. The van der Waals surface area contributed by atoms with Gasteiger partial charge in [0, 0.05) is 23.8 Å². The van der Waals surface area contributed by atoms with Crippen molar-refractivity contribution in [1.82, 2.24) is 10.3 Å². The molecule has 27 heavy (non-hydrogen) atoms. The minimum absolute atomic E-state index is 0.376. The summed E-state index contributed by atoms with van der Waals surface area (Å²) in [4.78, 5) is 4.31. The van der Waals surface area contributed by atoms with Gasteiger partial charge in [-0.05, 0) is 67.0 Å². The van der Waals surface area contributed by atoms with Crippen molar-refractivity contribution in [2.75, 3.05) is 5.73 Å². The number of aromatic nitrogens is 1. The molecule has 3 aromatic rings. The van der Waals surface area contributed by atoms with Crippen molar-refractivity contribution in [1.29, 1.82) is 0 Å². The van der Waals surface area contributed by atoms with Gasteiger partial charge in [-0.25, -0.2) is 4.98 Å². The molecule has 1 aromatic heterocycles. The lowest BCUT2D eigenvalue weighted by Gasteiger charge is -2.29. The quantitative estimate of drug-likeness (QED) is 0.702. The number of hydrogen-bond donors (Lipinski definition) is 2. The van der Waals surface area contributed by atoms with E-state index in [-0.39, 0.29) is 0 Å². The predicted octanol–water partition coefficient (Wildman–Crippen LogP) is 4.85. The van der Waals surface area contributed by atoms with Gasteiger partial charge in [0.2, 0.25) is 0 Å². The topological polar surface area (TPSA) is 50.9 Å². The smallest absolute Gasteiger partial charge is 0.126 e. The van der Waals surface area contributed by atoms with Gasteiger partial charge in [0.05, 0.1) is 0 Å². The maximum absolute atomic E-state index is 5.86. The number of anilines is 1. The van der Waals surface area contributed by atoms with E-state index in [1.165, 1.54) is 28.7 Å². The van der Waals surface area contributed by atoms with Crippen LogP contribution >= 0.6 is 0 Å². The van der Waals surface area contributed by atoms with Crippen molar-refractivity contribution in [3.05, 3.63) is 83.0 Å². The minimum Gasteiger partial charge on any atom is -0.383 e. The van der Waals surface area contributed by atoms with Crippen LogP contribution in [0.5, 0.6) is 0 Å². The molecule has 1 aliphatic rings. The third-order valence-electron chi connectivity index (χ3n) is 5.67. The number of nitrogen functional groups attached to an aromatic ring is 1. The second kappa shape index (κ2) is 7.53. The summed E-state index contributed by atoms with van der Waals surface area (Å²) >= 11 is 0. The minimum atomic E-state index is 0.376. The fourth-order valence-electron chi connectivity index (χ4n) is 4.01. The molecule has 3 nitrogen and oxygen atoms in total. The number of benzene rings is 2. The molecule has 3 heteroatoms. The highest BCUT2D eigenvalue weighted by Crippen LogP contribution is 2.29.